The molecule has 0 aliphatic rings. The Balaban J connectivity index is 3.26. The first-order valence-electron chi connectivity index (χ1n) is 8.19. The lowest BCUT2D eigenvalue weighted by Crippen LogP contribution is -2.43. The van der Waals surface area contributed by atoms with Crippen LogP contribution in [0.15, 0.2) is 29.4 Å². The monoisotopic (exact) mass is 331 g/mol. The van der Waals surface area contributed by atoms with Gasteiger partial charge in [0.2, 0.25) is 0 Å². The van der Waals surface area contributed by atoms with E-state index in [-0.39, 0.29) is 0 Å². The largest absolute Gasteiger partial charge is 0.497 e. The van der Waals surface area contributed by atoms with E-state index in [0.717, 1.165) is 11.3 Å². The molecule has 0 fully saturated rings. The van der Waals surface area contributed by atoms with Crippen LogP contribution in [0.4, 0.5) is 0 Å². The first kappa shape index (κ1) is 19.3. The van der Waals surface area contributed by atoms with Gasteiger partial charge in [-0.05, 0) is 46.8 Å². The van der Waals surface area contributed by atoms with Crippen molar-refractivity contribution in [3.05, 3.63) is 29.8 Å². The van der Waals surface area contributed by atoms with Crippen LogP contribution in [0, 0.1) is 11.5 Å². The summed E-state index contributed by atoms with van der Waals surface area (Å²) in [7, 11) is -0.206. The third-order valence-electron chi connectivity index (χ3n) is 4.73. The first-order valence-corrected chi connectivity index (χ1v) is 10.4. The molecule has 23 heavy (non-hydrogen) atoms. The summed E-state index contributed by atoms with van der Waals surface area (Å²) in [4.78, 5) is 0. The molecule has 1 aromatic carbocycles. The third-order valence-corrected chi connectivity index (χ3v) is 11.0. The molecule has 1 rings (SSSR count). The van der Waals surface area contributed by atoms with Gasteiger partial charge in [-0.25, -0.2) is 0 Å². The zero-order valence-electron chi connectivity index (χ0n) is 15.3. The molecule has 0 heterocycles. The fourth-order valence-corrected chi connectivity index (χ4v) is 8.71. The zero-order chi connectivity index (χ0) is 17.6. The fourth-order valence-electron chi connectivity index (χ4n) is 3.50. The maximum atomic E-state index is 9.39. The number of benzene rings is 1. The van der Waals surface area contributed by atoms with Crippen molar-refractivity contribution in [2.45, 2.75) is 58.2 Å². The molecule has 126 valence electrons. The Kier molecular flexibility index (Phi) is 6.90. The van der Waals surface area contributed by atoms with Gasteiger partial charge in [0.05, 0.1) is 7.11 Å². The van der Waals surface area contributed by atoms with Crippen molar-refractivity contribution < 1.29 is 9.94 Å². The summed E-state index contributed by atoms with van der Waals surface area (Å²) in [6.07, 6.45) is 0. The summed E-state index contributed by atoms with van der Waals surface area (Å²) < 4.78 is 5.16. The molecule has 3 nitrogen and oxygen atoms in total. The summed E-state index contributed by atoms with van der Waals surface area (Å²) >= 11 is 0. The van der Waals surface area contributed by atoms with Crippen molar-refractivity contribution in [1.82, 2.24) is 0 Å². The van der Waals surface area contributed by atoms with Gasteiger partial charge >= 0.3 is 0 Å². The quantitative estimate of drug-likeness (QED) is 0.268. The van der Waals surface area contributed by atoms with E-state index in [4.69, 9.17) is 4.74 Å². The van der Waals surface area contributed by atoms with Crippen LogP contribution in [-0.2, 0) is 0 Å². The minimum atomic E-state index is -1.84. The molecule has 0 aromatic heterocycles. The van der Waals surface area contributed by atoms with Crippen LogP contribution in [0.5, 0.6) is 5.75 Å². The van der Waals surface area contributed by atoms with E-state index in [1.54, 1.807) is 7.11 Å². The lowest BCUT2D eigenvalue weighted by molar-refractivity contribution is 0.320. The van der Waals surface area contributed by atoms with Gasteiger partial charge in [0.25, 0.3) is 0 Å². The summed E-state index contributed by atoms with van der Waals surface area (Å²) in [5, 5.41) is 12.8. The smallest absolute Gasteiger partial charge is 0.159 e. The average Bonchev–Trinajstić information content (AvgIpc) is 2.51. The predicted molar refractivity (Wildman–Crippen MR) is 100 cm³/mol. The molecule has 0 spiro atoms. The van der Waals surface area contributed by atoms with Gasteiger partial charge in [-0.15, -0.1) is 5.54 Å². The standard InChI is InChI=1S/C19H29NO2Si/c1-14(2)23(15(3)4,16(5)6)13-12-19(20-21)17-8-10-18(22-7)11-9-17/h8-11,14-16,21H,1-7H3/b20-19+. The predicted octanol–water partition coefficient (Wildman–Crippen LogP) is 5.09. The lowest BCUT2D eigenvalue weighted by atomic mass is 10.1. The first-order chi connectivity index (χ1) is 10.8. The number of oxime groups is 1. The van der Waals surface area contributed by atoms with E-state index >= 15 is 0 Å². The Morgan fingerprint density at radius 1 is 1.00 bits per heavy atom. The van der Waals surface area contributed by atoms with E-state index in [0.29, 0.717) is 22.3 Å². The van der Waals surface area contributed by atoms with Gasteiger partial charge in [0.1, 0.15) is 13.8 Å². The molecule has 0 saturated carbocycles. The van der Waals surface area contributed by atoms with Crippen molar-refractivity contribution in [2.24, 2.45) is 5.16 Å². The Morgan fingerprint density at radius 3 is 1.83 bits per heavy atom. The number of methoxy groups -OCH3 is 1. The molecule has 1 N–H and O–H groups in total. The van der Waals surface area contributed by atoms with Crippen LogP contribution in [0.1, 0.15) is 47.1 Å². The summed E-state index contributed by atoms with van der Waals surface area (Å²) in [6, 6.07) is 7.43. The molecule has 0 aliphatic carbocycles. The minimum absolute atomic E-state index is 0.423. The minimum Gasteiger partial charge on any atom is -0.497 e. The molecule has 1 aromatic rings. The van der Waals surface area contributed by atoms with Crippen LogP contribution < -0.4 is 4.74 Å². The average molecular weight is 332 g/mol. The highest BCUT2D eigenvalue weighted by molar-refractivity contribution is 6.90. The molecule has 0 saturated heterocycles. The summed E-state index contributed by atoms with van der Waals surface area (Å²) in [6.45, 7) is 13.6. The van der Waals surface area contributed by atoms with Crippen molar-refractivity contribution in [2.75, 3.05) is 7.11 Å². The fraction of sp³-hybridized carbons (Fsp3) is 0.526. The van der Waals surface area contributed by atoms with Crippen molar-refractivity contribution >= 4 is 13.8 Å². The summed E-state index contributed by atoms with van der Waals surface area (Å²) in [5.41, 5.74) is 6.45. The van der Waals surface area contributed by atoms with Gasteiger partial charge in [-0.2, -0.15) is 0 Å². The highest BCUT2D eigenvalue weighted by atomic mass is 28.3. The normalized spacial score (nSPS) is 12.5. The molecule has 0 atom stereocenters. The topological polar surface area (TPSA) is 41.8 Å². The maximum absolute atomic E-state index is 9.39. The number of nitrogens with zero attached hydrogens (tertiary/aromatic N) is 1. The second-order valence-corrected chi connectivity index (χ2v) is 12.4. The Bertz CT molecular complexity index is 570. The van der Waals surface area contributed by atoms with Crippen LogP contribution in [0.3, 0.4) is 0 Å². The number of ether oxygens (including phenoxy) is 1. The molecular weight excluding hydrogens is 302 g/mol. The van der Waals surface area contributed by atoms with Crippen LogP contribution >= 0.6 is 0 Å². The zero-order valence-corrected chi connectivity index (χ0v) is 16.3. The molecule has 0 unspecified atom stereocenters. The Hall–Kier alpha value is -1.73. The van der Waals surface area contributed by atoms with Gasteiger partial charge in [0.15, 0.2) is 5.71 Å². The Labute approximate surface area is 141 Å². The molecule has 0 aliphatic heterocycles. The van der Waals surface area contributed by atoms with Crippen molar-refractivity contribution in [1.29, 1.82) is 0 Å². The highest BCUT2D eigenvalue weighted by Crippen LogP contribution is 2.40. The van der Waals surface area contributed by atoms with E-state index in [2.05, 4.69) is 58.2 Å². The molecule has 4 heteroatoms. The molecule has 0 radical (unpaired) electrons. The van der Waals surface area contributed by atoms with Crippen molar-refractivity contribution in [3.8, 4) is 17.2 Å². The summed E-state index contributed by atoms with van der Waals surface area (Å²) in [5.74, 6) is 3.95. The second kappa shape index (κ2) is 8.21. The second-order valence-electron chi connectivity index (χ2n) is 6.82. The van der Waals surface area contributed by atoms with Gasteiger partial charge in [0, 0.05) is 5.56 Å². The van der Waals surface area contributed by atoms with E-state index in [9.17, 15) is 5.21 Å². The molecule has 0 bridgehead atoms. The van der Waals surface area contributed by atoms with E-state index in [1.165, 1.54) is 0 Å². The molecule has 0 amide bonds. The lowest BCUT2D eigenvalue weighted by Gasteiger charge is -2.38. The van der Waals surface area contributed by atoms with Gasteiger partial charge in [-0.1, -0.05) is 46.7 Å². The van der Waals surface area contributed by atoms with Crippen LogP contribution in [-0.4, -0.2) is 26.1 Å². The Morgan fingerprint density at radius 2 is 1.48 bits per heavy atom. The van der Waals surface area contributed by atoms with Crippen LogP contribution in [0.2, 0.25) is 16.6 Å². The van der Waals surface area contributed by atoms with Gasteiger partial charge in [-0.3, -0.25) is 0 Å². The number of rotatable bonds is 5. The highest BCUT2D eigenvalue weighted by Gasteiger charge is 2.41. The maximum Gasteiger partial charge on any atom is 0.159 e. The van der Waals surface area contributed by atoms with Crippen LogP contribution in [0.25, 0.3) is 0 Å². The van der Waals surface area contributed by atoms with Gasteiger partial charge < -0.3 is 9.94 Å². The van der Waals surface area contributed by atoms with E-state index in [1.807, 2.05) is 24.3 Å². The third kappa shape index (κ3) is 4.17. The number of hydrogen-bond donors (Lipinski definition) is 1. The van der Waals surface area contributed by atoms with E-state index < -0.39 is 8.07 Å². The van der Waals surface area contributed by atoms with Crippen molar-refractivity contribution in [3.63, 3.8) is 0 Å². The number of hydrogen-bond acceptors (Lipinski definition) is 3. The SMILES string of the molecule is COc1ccc(/C(C#C[Si](C(C)C)(C(C)C)C(C)C)=N/O)cc1. The molecular formula is C19H29NO2Si.